The zero-order valence-electron chi connectivity index (χ0n) is 1.68. The molecule has 4 heavy (non-hydrogen) atoms. The van der Waals surface area contributed by atoms with E-state index in [9.17, 15) is 0 Å². The summed E-state index contributed by atoms with van der Waals surface area (Å²) in [5.74, 6) is 0. The van der Waals surface area contributed by atoms with Gasteiger partial charge in [0.25, 0.3) is 0 Å². The van der Waals surface area contributed by atoms with E-state index in [1.54, 1.807) is 0 Å². The monoisotopic (exact) mass is 180 g/mol. The van der Waals surface area contributed by atoms with E-state index < -0.39 is 0 Å². The molecule has 0 aromatic heterocycles. The average Bonchev–Trinajstić information content (AvgIpc) is 0. The van der Waals surface area contributed by atoms with Gasteiger partial charge in [0.05, 0.1) is 0 Å². The SMILES string of the molecule is [BH4-].[Br-].[Cu+].[Na+]. The first-order valence-electron chi connectivity index (χ1n) is 0. The maximum absolute atomic E-state index is 0. The third-order valence-corrected chi connectivity index (χ3v) is 0. The van der Waals surface area contributed by atoms with E-state index in [-0.39, 0.29) is 72.0 Å². The Balaban J connectivity index is 0. The summed E-state index contributed by atoms with van der Waals surface area (Å²) in [4.78, 5) is 0. The molecule has 0 spiro atoms. The quantitative estimate of drug-likeness (QED) is 0.326. The zero-order chi connectivity index (χ0) is 0. The second-order valence-corrected chi connectivity index (χ2v) is 0. The summed E-state index contributed by atoms with van der Waals surface area (Å²) in [5.41, 5.74) is 0. The minimum absolute atomic E-state index is 0. The predicted octanol–water partition coefficient (Wildman–Crippen LogP) is -7.45. The molecule has 26 valence electrons. The van der Waals surface area contributed by atoms with E-state index in [0.717, 1.165) is 0 Å². The first-order chi connectivity index (χ1) is 0. The fourth-order valence-electron chi connectivity index (χ4n) is 0. The molecular formula is H4BBrCuNa. The summed E-state index contributed by atoms with van der Waals surface area (Å²) in [6.07, 6.45) is 0. The maximum Gasteiger partial charge on any atom is 1.00 e. The van der Waals surface area contributed by atoms with Crippen LogP contribution in [0, 0.1) is 0 Å². The van der Waals surface area contributed by atoms with Gasteiger partial charge < -0.3 is 17.0 Å². The van der Waals surface area contributed by atoms with Crippen molar-refractivity contribution in [1.29, 1.82) is 0 Å². The first kappa shape index (κ1) is 36.5. The molecule has 0 bridgehead atoms. The van der Waals surface area contributed by atoms with Gasteiger partial charge in [0.1, 0.15) is 0 Å². The molecular weight excluding hydrogens is 177 g/mol. The summed E-state index contributed by atoms with van der Waals surface area (Å²) in [7, 11) is 0. The van der Waals surface area contributed by atoms with Crippen molar-refractivity contribution < 1.29 is 63.6 Å². The van der Waals surface area contributed by atoms with Crippen LogP contribution in [-0.2, 0) is 17.1 Å². The Hall–Kier alpha value is 2.06. The smallest absolute Gasteiger partial charge is 1.00 e. The standard InChI is InChI=1S/BH4.BrH.Cu.Na/h1H4;1H;;/q-1;;2*+1/p-1. The molecule has 0 aliphatic heterocycles. The van der Waals surface area contributed by atoms with Gasteiger partial charge in [-0.2, -0.15) is 0 Å². The van der Waals surface area contributed by atoms with E-state index in [1.807, 2.05) is 0 Å². The third-order valence-electron chi connectivity index (χ3n) is 0. The van der Waals surface area contributed by atoms with Gasteiger partial charge in [-0.15, -0.1) is 0 Å². The number of rotatable bonds is 0. The van der Waals surface area contributed by atoms with Crippen molar-refractivity contribution >= 4 is 8.41 Å². The molecule has 0 aliphatic rings. The van der Waals surface area contributed by atoms with Gasteiger partial charge in [0.15, 0.2) is 0 Å². The summed E-state index contributed by atoms with van der Waals surface area (Å²) < 4.78 is 0. The molecule has 0 saturated carbocycles. The number of halogens is 1. The van der Waals surface area contributed by atoms with Crippen LogP contribution in [0.5, 0.6) is 0 Å². The van der Waals surface area contributed by atoms with Gasteiger partial charge in [-0.3, -0.25) is 0 Å². The van der Waals surface area contributed by atoms with E-state index >= 15 is 0 Å². The van der Waals surface area contributed by atoms with Crippen LogP contribution in [-0.4, -0.2) is 8.41 Å². The Morgan fingerprint density at radius 1 is 1.00 bits per heavy atom. The van der Waals surface area contributed by atoms with Crippen LogP contribution in [0.15, 0.2) is 0 Å². The second kappa shape index (κ2) is 19.6. The molecule has 0 fully saturated rings. The molecule has 0 heterocycles. The average molecular weight is 181 g/mol. The van der Waals surface area contributed by atoms with Crippen LogP contribution in [0.2, 0.25) is 0 Å². The topological polar surface area (TPSA) is 0 Å². The third kappa shape index (κ3) is 8.96. The van der Waals surface area contributed by atoms with E-state index in [2.05, 4.69) is 0 Å². The van der Waals surface area contributed by atoms with Crippen LogP contribution in [0.1, 0.15) is 0 Å². The van der Waals surface area contributed by atoms with Crippen LogP contribution in [0.3, 0.4) is 0 Å². The normalized spacial score (nSPS) is 0. The van der Waals surface area contributed by atoms with Gasteiger partial charge in [0, 0.05) is 0 Å². The summed E-state index contributed by atoms with van der Waals surface area (Å²) >= 11 is 0. The zero-order valence-corrected chi connectivity index (χ0v) is 6.21. The van der Waals surface area contributed by atoms with Crippen molar-refractivity contribution in [2.45, 2.75) is 0 Å². The maximum atomic E-state index is 0. The van der Waals surface area contributed by atoms with Crippen molar-refractivity contribution in [1.82, 2.24) is 0 Å². The van der Waals surface area contributed by atoms with Crippen molar-refractivity contribution in [2.24, 2.45) is 0 Å². The fraction of sp³-hybridized carbons (Fsp3) is 0. The Kier molecular flexibility index (Phi) is 179. The first-order valence-corrected chi connectivity index (χ1v) is 0. The fourth-order valence-corrected chi connectivity index (χ4v) is 0. The summed E-state index contributed by atoms with van der Waals surface area (Å²) in [6.45, 7) is 0. The predicted molar refractivity (Wildman–Crippen MR) is 11.3 cm³/mol. The molecule has 0 unspecified atom stereocenters. The van der Waals surface area contributed by atoms with E-state index in [1.165, 1.54) is 0 Å². The van der Waals surface area contributed by atoms with Crippen LogP contribution in [0.25, 0.3) is 0 Å². The molecule has 0 aliphatic carbocycles. The van der Waals surface area contributed by atoms with Gasteiger partial charge in [-0.25, -0.2) is 0 Å². The van der Waals surface area contributed by atoms with E-state index in [0.29, 0.717) is 0 Å². The molecule has 0 saturated heterocycles. The summed E-state index contributed by atoms with van der Waals surface area (Å²) in [5, 5.41) is 0. The molecule has 0 amide bonds. The van der Waals surface area contributed by atoms with Crippen molar-refractivity contribution in [3.05, 3.63) is 0 Å². The minimum Gasteiger partial charge on any atom is -1.00 e. The Bertz CT molecular complexity index is 8.00. The van der Waals surface area contributed by atoms with Gasteiger partial charge in [-0.1, -0.05) is 8.41 Å². The molecule has 0 rings (SSSR count). The van der Waals surface area contributed by atoms with E-state index in [4.69, 9.17) is 0 Å². The van der Waals surface area contributed by atoms with Crippen LogP contribution < -0.4 is 46.5 Å². The molecule has 0 radical (unpaired) electrons. The van der Waals surface area contributed by atoms with Gasteiger partial charge in [0.2, 0.25) is 0 Å². The largest absolute Gasteiger partial charge is 1.00 e. The second-order valence-electron chi connectivity index (χ2n) is 0. The number of hydrogen-bond acceptors (Lipinski definition) is 0. The molecule has 4 heteroatoms. The Labute approximate surface area is 71.2 Å². The van der Waals surface area contributed by atoms with Gasteiger partial charge in [-0.05, 0) is 0 Å². The Morgan fingerprint density at radius 3 is 1.00 bits per heavy atom. The molecule has 0 aromatic rings. The minimum atomic E-state index is 0. The molecule has 0 aromatic carbocycles. The van der Waals surface area contributed by atoms with Gasteiger partial charge >= 0.3 is 46.6 Å². The van der Waals surface area contributed by atoms with Crippen molar-refractivity contribution in [2.75, 3.05) is 0 Å². The van der Waals surface area contributed by atoms with Crippen LogP contribution in [0.4, 0.5) is 0 Å². The Morgan fingerprint density at radius 2 is 1.00 bits per heavy atom. The molecule has 0 N–H and O–H groups in total. The number of hydrogen-bond donors (Lipinski definition) is 0. The van der Waals surface area contributed by atoms with Crippen LogP contribution >= 0.6 is 0 Å². The van der Waals surface area contributed by atoms with Crippen molar-refractivity contribution in [3.8, 4) is 0 Å². The van der Waals surface area contributed by atoms with Crippen molar-refractivity contribution in [3.63, 3.8) is 0 Å². The molecule has 0 atom stereocenters. The molecule has 0 nitrogen and oxygen atoms in total. The summed E-state index contributed by atoms with van der Waals surface area (Å²) in [6, 6.07) is 0.